The van der Waals surface area contributed by atoms with Gasteiger partial charge in [-0.2, -0.15) is 0 Å². The Hall–Kier alpha value is -1.62. The molecule has 0 heterocycles. The third kappa shape index (κ3) is 4.71. The van der Waals surface area contributed by atoms with Gasteiger partial charge in [0, 0.05) is 12.5 Å². The molecule has 0 bridgehead atoms. The van der Waals surface area contributed by atoms with E-state index in [2.05, 4.69) is 5.32 Å². The van der Waals surface area contributed by atoms with Crippen LogP contribution in [0.2, 0.25) is 0 Å². The first-order valence-electron chi connectivity index (χ1n) is 5.54. The van der Waals surface area contributed by atoms with Gasteiger partial charge in [0.15, 0.2) is 10.9 Å². The lowest BCUT2D eigenvalue weighted by molar-refractivity contribution is -0.117. The van der Waals surface area contributed by atoms with Crippen molar-refractivity contribution in [2.24, 2.45) is 0 Å². The minimum atomic E-state index is -0.432. The lowest BCUT2D eigenvalue weighted by Gasteiger charge is -2.09. The lowest BCUT2D eigenvalue weighted by Crippen LogP contribution is -2.33. The number of rotatable bonds is 5. The van der Waals surface area contributed by atoms with Crippen LogP contribution in [0.15, 0.2) is 30.3 Å². The van der Waals surface area contributed by atoms with Gasteiger partial charge >= 0.3 is 0 Å². The highest BCUT2D eigenvalue weighted by atomic mass is 32.2. The predicted molar refractivity (Wildman–Crippen MR) is 71.5 cm³/mol. The van der Waals surface area contributed by atoms with E-state index in [9.17, 15) is 14.4 Å². The Bertz CT molecular complexity index is 445. The first-order chi connectivity index (χ1) is 8.50. The average molecular weight is 265 g/mol. The molecule has 0 aliphatic rings. The molecular formula is C13H15NO3S. The maximum absolute atomic E-state index is 11.7. The number of carbonyl (C=O) groups is 3. The molecule has 0 radical (unpaired) electrons. The Balaban J connectivity index is 2.44. The van der Waals surface area contributed by atoms with Crippen LogP contribution in [0.25, 0.3) is 0 Å². The number of benzene rings is 1. The summed E-state index contributed by atoms with van der Waals surface area (Å²) < 4.78 is 0. The topological polar surface area (TPSA) is 63.2 Å². The van der Waals surface area contributed by atoms with E-state index in [1.165, 1.54) is 6.92 Å². The molecule has 1 unspecified atom stereocenters. The van der Waals surface area contributed by atoms with Gasteiger partial charge in [0.2, 0.25) is 0 Å². The SMILES string of the molecule is CC(=O)SC(C)C(=O)CNC(=O)c1ccccc1. The molecule has 0 saturated heterocycles. The minimum absolute atomic E-state index is 0.0603. The van der Waals surface area contributed by atoms with Gasteiger partial charge in [-0.1, -0.05) is 30.0 Å². The number of amides is 1. The van der Waals surface area contributed by atoms with Crippen LogP contribution in [-0.4, -0.2) is 28.6 Å². The summed E-state index contributed by atoms with van der Waals surface area (Å²) in [7, 11) is 0. The molecule has 1 rings (SSSR count). The molecule has 0 saturated carbocycles. The number of carbonyl (C=O) groups excluding carboxylic acids is 3. The fraction of sp³-hybridized carbons (Fsp3) is 0.308. The predicted octanol–water partition coefficient (Wildman–Crippen LogP) is 1.65. The van der Waals surface area contributed by atoms with Gasteiger partial charge < -0.3 is 5.32 Å². The van der Waals surface area contributed by atoms with Crippen LogP contribution in [-0.2, 0) is 9.59 Å². The molecular weight excluding hydrogens is 250 g/mol. The van der Waals surface area contributed by atoms with E-state index in [1.807, 2.05) is 6.07 Å². The van der Waals surface area contributed by atoms with Gasteiger partial charge in [0.25, 0.3) is 5.91 Å². The van der Waals surface area contributed by atoms with Crippen LogP contribution in [0.1, 0.15) is 24.2 Å². The summed E-state index contributed by atoms with van der Waals surface area (Å²) in [5.41, 5.74) is 0.511. The maximum atomic E-state index is 11.7. The maximum Gasteiger partial charge on any atom is 0.251 e. The van der Waals surface area contributed by atoms with Crippen LogP contribution in [0.4, 0.5) is 0 Å². The number of nitrogens with one attached hydrogen (secondary N) is 1. The van der Waals surface area contributed by atoms with E-state index in [1.54, 1.807) is 31.2 Å². The van der Waals surface area contributed by atoms with Crippen molar-refractivity contribution in [3.63, 3.8) is 0 Å². The summed E-state index contributed by atoms with van der Waals surface area (Å²) in [6.45, 7) is 3.01. The van der Waals surface area contributed by atoms with Crippen molar-refractivity contribution >= 4 is 28.6 Å². The van der Waals surface area contributed by atoms with E-state index < -0.39 is 5.25 Å². The van der Waals surface area contributed by atoms with Crippen molar-refractivity contribution in [3.05, 3.63) is 35.9 Å². The molecule has 18 heavy (non-hydrogen) atoms. The Morgan fingerprint density at radius 1 is 1.22 bits per heavy atom. The van der Waals surface area contributed by atoms with Crippen LogP contribution in [0.3, 0.4) is 0 Å². The van der Waals surface area contributed by atoms with Crippen molar-refractivity contribution < 1.29 is 14.4 Å². The van der Waals surface area contributed by atoms with Gasteiger partial charge in [-0.15, -0.1) is 0 Å². The second-order valence-electron chi connectivity index (χ2n) is 3.77. The zero-order chi connectivity index (χ0) is 13.5. The van der Waals surface area contributed by atoms with Crippen molar-refractivity contribution in [1.29, 1.82) is 0 Å². The van der Waals surface area contributed by atoms with Gasteiger partial charge in [-0.05, 0) is 19.1 Å². The Morgan fingerprint density at radius 2 is 1.83 bits per heavy atom. The van der Waals surface area contributed by atoms with Crippen LogP contribution >= 0.6 is 11.8 Å². The van der Waals surface area contributed by atoms with Gasteiger partial charge in [-0.25, -0.2) is 0 Å². The third-order valence-electron chi connectivity index (χ3n) is 2.26. The van der Waals surface area contributed by atoms with E-state index in [0.717, 1.165) is 11.8 Å². The number of ketones is 1. The van der Waals surface area contributed by atoms with E-state index in [-0.39, 0.29) is 23.4 Å². The van der Waals surface area contributed by atoms with Crippen molar-refractivity contribution in [3.8, 4) is 0 Å². The van der Waals surface area contributed by atoms with E-state index in [0.29, 0.717) is 5.56 Å². The number of Topliss-reactive ketones (excluding diaryl/α,β-unsaturated/α-hetero) is 1. The molecule has 96 valence electrons. The highest BCUT2D eigenvalue weighted by Gasteiger charge is 2.16. The fourth-order valence-corrected chi connectivity index (χ4v) is 2.03. The van der Waals surface area contributed by atoms with Gasteiger partial charge in [0.05, 0.1) is 11.8 Å². The quantitative estimate of drug-likeness (QED) is 0.879. The summed E-state index contributed by atoms with van der Waals surface area (Å²) in [5.74, 6) is -0.455. The number of hydrogen-bond donors (Lipinski definition) is 1. The third-order valence-corrected chi connectivity index (χ3v) is 3.20. The molecule has 0 aromatic heterocycles. The molecule has 1 aromatic carbocycles. The highest BCUT2D eigenvalue weighted by molar-refractivity contribution is 8.14. The summed E-state index contributed by atoms with van der Waals surface area (Å²) in [6, 6.07) is 8.67. The van der Waals surface area contributed by atoms with Gasteiger partial charge in [-0.3, -0.25) is 14.4 Å². The molecule has 0 aliphatic heterocycles. The summed E-state index contributed by atoms with van der Waals surface area (Å²) >= 11 is 0.970. The lowest BCUT2D eigenvalue weighted by atomic mass is 10.2. The second kappa shape index (κ2) is 6.96. The zero-order valence-corrected chi connectivity index (χ0v) is 11.1. The van der Waals surface area contributed by atoms with Crippen molar-refractivity contribution in [2.45, 2.75) is 19.1 Å². The molecule has 1 amide bonds. The monoisotopic (exact) mass is 265 g/mol. The van der Waals surface area contributed by atoms with E-state index >= 15 is 0 Å². The Kier molecular flexibility index (Phi) is 5.58. The summed E-state index contributed by atoms with van der Waals surface area (Å²) in [4.78, 5) is 34.1. The fourth-order valence-electron chi connectivity index (χ4n) is 1.32. The van der Waals surface area contributed by atoms with Crippen LogP contribution < -0.4 is 5.32 Å². The molecule has 4 nitrogen and oxygen atoms in total. The zero-order valence-electron chi connectivity index (χ0n) is 10.3. The second-order valence-corrected chi connectivity index (χ2v) is 5.28. The number of thioether (sulfide) groups is 1. The Labute approximate surface area is 110 Å². The van der Waals surface area contributed by atoms with Crippen molar-refractivity contribution in [1.82, 2.24) is 5.32 Å². The largest absolute Gasteiger partial charge is 0.345 e. The van der Waals surface area contributed by atoms with Crippen molar-refractivity contribution in [2.75, 3.05) is 6.54 Å². The molecule has 1 N–H and O–H groups in total. The first-order valence-corrected chi connectivity index (χ1v) is 6.42. The average Bonchev–Trinajstić information content (AvgIpc) is 2.35. The normalized spacial score (nSPS) is 11.7. The molecule has 1 atom stereocenters. The molecule has 0 aliphatic carbocycles. The Morgan fingerprint density at radius 3 is 2.39 bits per heavy atom. The molecule has 1 aromatic rings. The highest BCUT2D eigenvalue weighted by Crippen LogP contribution is 2.11. The number of hydrogen-bond acceptors (Lipinski definition) is 4. The first kappa shape index (κ1) is 14.4. The van der Waals surface area contributed by atoms with Crippen LogP contribution in [0, 0.1) is 0 Å². The molecule has 0 fully saturated rings. The van der Waals surface area contributed by atoms with E-state index in [4.69, 9.17) is 0 Å². The summed E-state index contributed by atoms with van der Waals surface area (Å²) in [5, 5.41) is 2.00. The molecule has 0 spiro atoms. The standard InChI is InChI=1S/C13H15NO3S/c1-9(18-10(2)15)12(16)8-14-13(17)11-6-4-3-5-7-11/h3-7,9H,8H2,1-2H3,(H,14,17). The molecule has 5 heteroatoms. The minimum Gasteiger partial charge on any atom is -0.345 e. The van der Waals surface area contributed by atoms with Crippen LogP contribution in [0.5, 0.6) is 0 Å². The van der Waals surface area contributed by atoms with Gasteiger partial charge in [0.1, 0.15) is 0 Å². The summed E-state index contributed by atoms with van der Waals surface area (Å²) in [6.07, 6.45) is 0. The smallest absolute Gasteiger partial charge is 0.251 e.